The number of hydrazine groups is 1. The van der Waals surface area contributed by atoms with Crippen molar-refractivity contribution in [3.63, 3.8) is 0 Å². The van der Waals surface area contributed by atoms with Gasteiger partial charge in [-0.15, -0.1) is 0 Å². The average molecular weight is 284 g/mol. The van der Waals surface area contributed by atoms with Gasteiger partial charge in [0, 0.05) is 34.1 Å². The first-order valence-electron chi connectivity index (χ1n) is 5.73. The molecule has 1 heterocycles. The van der Waals surface area contributed by atoms with Crippen molar-refractivity contribution in [3.05, 3.63) is 57.9 Å². The highest BCUT2D eigenvalue weighted by Crippen LogP contribution is 2.34. The Bertz CT molecular complexity index is 497. The maximum absolute atomic E-state index is 6.25. The Morgan fingerprint density at radius 1 is 1.39 bits per heavy atom. The Morgan fingerprint density at radius 3 is 2.83 bits per heavy atom. The zero-order valence-corrected chi connectivity index (χ0v) is 11.5. The van der Waals surface area contributed by atoms with Crippen molar-refractivity contribution in [1.82, 2.24) is 10.3 Å². The molecule has 2 rings (SSSR count). The predicted molar refractivity (Wildman–Crippen MR) is 76.1 cm³/mol. The van der Waals surface area contributed by atoms with Crippen LogP contribution in [0.1, 0.15) is 18.5 Å². The van der Waals surface area contributed by atoms with Gasteiger partial charge in [0.2, 0.25) is 0 Å². The molecule has 1 unspecified atom stereocenters. The monoisotopic (exact) mass is 283 g/mol. The van der Waals surface area contributed by atoms with Crippen LogP contribution in [-0.2, 0) is 0 Å². The second kappa shape index (κ2) is 5.65. The highest BCUT2D eigenvalue weighted by Gasteiger charge is 2.24. The number of hydrogen-bond acceptors (Lipinski definition) is 3. The van der Waals surface area contributed by atoms with Gasteiger partial charge in [-0.05, 0) is 31.2 Å². The second-order valence-electron chi connectivity index (χ2n) is 4.01. The van der Waals surface area contributed by atoms with Crippen molar-refractivity contribution in [2.24, 2.45) is 5.84 Å². The number of benzene rings is 1. The Labute approximate surface area is 117 Å². The molecule has 5 heteroatoms. The molecule has 96 valence electrons. The topological polar surface area (TPSA) is 41.3 Å². The minimum atomic E-state index is -0.111. The molecule has 1 aliphatic rings. The molecule has 0 bridgehead atoms. The molecule has 0 aliphatic carbocycles. The van der Waals surface area contributed by atoms with Crippen LogP contribution in [0.2, 0.25) is 10.0 Å². The molecule has 0 saturated carbocycles. The van der Waals surface area contributed by atoms with Gasteiger partial charge in [-0.1, -0.05) is 29.3 Å². The third-order valence-corrected chi connectivity index (χ3v) is 3.33. The van der Waals surface area contributed by atoms with Crippen LogP contribution in [0.3, 0.4) is 0 Å². The predicted octanol–water partition coefficient (Wildman–Crippen LogP) is 3.23. The van der Waals surface area contributed by atoms with E-state index in [0.29, 0.717) is 10.0 Å². The summed E-state index contributed by atoms with van der Waals surface area (Å²) in [5.74, 6) is 6.01. The molecule has 1 aliphatic heterocycles. The van der Waals surface area contributed by atoms with Gasteiger partial charge in [-0.2, -0.15) is 0 Å². The summed E-state index contributed by atoms with van der Waals surface area (Å²) < 4.78 is 0. The molecular formula is C13H15Cl2N3. The van der Waals surface area contributed by atoms with Gasteiger partial charge in [-0.3, -0.25) is 0 Å². The highest BCUT2D eigenvalue weighted by atomic mass is 35.5. The highest BCUT2D eigenvalue weighted by molar-refractivity contribution is 6.35. The van der Waals surface area contributed by atoms with Crippen molar-refractivity contribution in [2.75, 3.05) is 6.54 Å². The standard InChI is InChI=1S/C13H15Cl2N3/c1-2-17-12-4-3-7-18(16)13(12)10-6-5-9(14)8-11(10)15/h3-8,13,17H,2,16H2,1H3. The number of hydrogen-bond donors (Lipinski definition) is 2. The van der Waals surface area contributed by atoms with Crippen molar-refractivity contribution >= 4 is 23.2 Å². The SMILES string of the molecule is CCNC1=CC=CN(N)C1c1ccc(Cl)cc1Cl. The minimum absolute atomic E-state index is 0.111. The lowest BCUT2D eigenvalue weighted by molar-refractivity contribution is 0.309. The van der Waals surface area contributed by atoms with Crippen LogP contribution in [-0.4, -0.2) is 11.6 Å². The molecule has 0 amide bonds. The average Bonchev–Trinajstić information content (AvgIpc) is 2.31. The van der Waals surface area contributed by atoms with E-state index in [-0.39, 0.29) is 6.04 Å². The maximum Gasteiger partial charge on any atom is 0.110 e. The normalized spacial score (nSPS) is 18.8. The number of nitrogens with two attached hydrogens (primary N) is 1. The van der Waals surface area contributed by atoms with E-state index in [1.54, 1.807) is 11.1 Å². The molecule has 0 radical (unpaired) electrons. The van der Waals surface area contributed by atoms with E-state index < -0.39 is 0 Å². The zero-order valence-electron chi connectivity index (χ0n) is 10.0. The number of halogens is 2. The van der Waals surface area contributed by atoms with Gasteiger partial charge in [0.1, 0.15) is 6.04 Å². The lowest BCUT2D eigenvalue weighted by atomic mass is 10.0. The van der Waals surface area contributed by atoms with E-state index >= 15 is 0 Å². The summed E-state index contributed by atoms with van der Waals surface area (Å²) in [4.78, 5) is 0. The van der Waals surface area contributed by atoms with E-state index in [1.807, 2.05) is 37.4 Å². The molecule has 0 spiro atoms. The van der Waals surface area contributed by atoms with E-state index in [1.165, 1.54) is 0 Å². The number of nitrogens with one attached hydrogen (secondary N) is 1. The maximum atomic E-state index is 6.25. The van der Waals surface area contributed by atoms with Crippen LogP contribution in [0.4, 0.5) is 0 Å². The smallest absolute Gasteiger partial charge is 0.110 e. The Hall–Kier alpha value is -1.16. The fraction of sp³-hybridized carbons (Fsp3) is 0.231. The molecule has 0 aromatic heterocycles. The van der Waals surface area contributed by atoms with Gasteiger partial charge in [-0.25, -0.2) is 5.84 Å². The fourth-order valence-corrected chi connectivity index (χ4v) is 2.51. The van der Waals surface area contributed by atoms with E-state index in [9.17, 15) is 0 Å². The largest absolute Gasteiger partial charge is 0.387 e. The number of nitrogens with zero attached hydrogens (tertiary/aromatic N) is 1. The molecule has 3 N–H and O–H groups in total. The van der Waals surface area contributed by atoms with E-state index in [0.717, 1.165) is 17.8 Å². The van der Waals surface area contributed by atoms with Gasteiger partial charge < -0.3 is 10.3 Å². The lowest BCUT2D eigenvalue weighted by Crippen LogP contribution is -2.37. The summed E-state index contributed by atoms with van der Waals surface area (Å²) in [6.07, 6.45) is 5.72. The molecule has 3 nitrogen and oxygen atoms in total. The molecule has 1 atom stereocenters. The second-order valence-corrected chi connectivity index (χ2v) is 4.85. The molecule has 0 saturated heterocycles. The van der Waals surface area contributed by atoms with Crippen LogP contribution in [0.5, 0.6) is 0 Å². The molecular weight excluding hydrogens is 269 g/mol. The van der Waals surface area contributed by atoms with Crippen LogP contribution >= 0.6 is 23.2 Å². The van der Waals surface area contributed by atoms with E-state index in [2.05, 4.69) is 5.32 Å². The summed E-state index contributed by atoms with van der Waals surface area (Å²) in [6.45, 7) is 2.87. The zero-order chi connectivity index (χ0) is 13.1. The summed E-state index contributed by atoms with van der Waals surface area (Å²) in [7, 11) is 0. The Balaban J connectivity index is 2.40. The summed E-state index contributed by atoms with van der Waals surface area (Å²) in [6, 6.07) is 5.34. The number of allylic oxidation sites excluding steroid dienone is 2. The molecule has 1 aromatic rings. The third-order valence-electron chi connectivity index (χ3n) is 2.76. The number of likely N-dealkylation sites (N-methyl/N-ethyl adjacent to an activating group) is 1. The van der Waals surface area contributed by atoms with Crippen molar-refractivity contribution in [3.8, 4) is 0 Å². The minimum Gasteiger partial charge on any atom is -0.387 e. The Kier molecular flexibility index (Phi) is 4.17. The lowest BCUT2D eigenvalue weighted by Gasteiger charge is -2.32. The third kappa shape index (κ3) is 2.64. The van der Waals surface area contributed by atoms with Crippen LogP contribution in [0.25, 0.3) is 0 Å². The quantitative estimate of drug-likeness (QED) is 0.837. The molecule has 1 aromatic carbocycles. The Morgan fingerprint density at radius 2 is 2.17 bits per heavy atom. The first kappa shape index (κ1) is 13.3. The molecule has 0 fully saturated rings. The van der Waals surface area contributed by atoms with Crippen molar-refractivity contribution in [2.45, 2.75) is 13.0 Å². The van der Waals surface area contributed by atoms with Gasteiger partial charge >= 0.3 is 0 Å². The van der Waals surface area contributed by atoms with Gasteiger partial charge in [0.05, 0.1) is 0 Å². The van der Waals surface area contributed by atoms with Crippen molar-refractivity contribution in [1.29, 1.82) is 0 Å². The summed E-state index contributed by atoms with van der Waals surface area (Å²) in [5.41, 5.74) is 1.95. The van der Waals surface area contributed by atoms with Crippen LogP contribution in [0.15, 0.2) is 42.2 Å². The molecule has 18 heavy (non-hydrogen) atoms. The number of rotatable bonds is 3. The van der Waals surface area contributed by atoms with Crippen LogP contribution < -0.4 is 11.2 Å². The fourth-order valence-electron chi connectivity index (χ4n) is 2.00. The summed E-state index contributed by atoms with van der Waals surface area (Å²) >= 11 is 12.2. The first-order chi connectivity index (χ1) is 8.63. The van der Waals surface area contributed by atoms with E-state index in [4.69, 9.17) is 29.0 Å². The van der Waals surface area contributed by atoms with Gasteiger partial charge in [0.25, 0.3) is 0 Å². The summed E-state index contributed by atoms with van der Waals surface area (Å²) in [5, 5.41) is 6.17. The first-order valence-corrected chi connectivity index (χ1v) is 6.49. The van der Waals surface area contributed by atoms with Crippen LogP contribution in [0, 0.1) is 0 Å². The van der Waals surface area contributed by atoms with Crippen molar-refractivity contribution < 1.29 is 0 Å². The van der Waals surface area contributed by atoms with Gasteiger partial charge in [0.15, 0.2) is 0 Å².